The first-order valence-corrected chi connectivity index (χ1v) is 14.0. The minimum atomic E-state index is -0.168. The van der Waals surface area contributed by atoms with Crippen LogP contribution in [0.3, 0.4) is 0 Å². The standard InChI is InChI=1S/C31H35N3OS/c32-23-31(34-21-19-33(20-22-34)27-9-5-2-6-10-27)26-11-15-29(16-12-26)36-30-17-13-28(14-18-30)35-24-25-7-3-1-4-8-25/h1,3-4,7-8,11-18,27,31H,2,5-6,9-10,19-22,24H2. The van der Waals surface area contributed by atoms with Crippen molar-refractivity contribution in [3.8, 4) is 11.8 Å². The molecule has 5 rings (SSSR count). The summed E-state index contributed by atoms with van der Waals surface area (Å²) in [6, 6.07) is 30.2. The van der Waals surface area contributed by atoms with E-state index in [-0.39, 0.29) is 6.04 Å². The van der Waals surface area contributed by atoms with E-state index >= 15 is 0 Å². The number of rotatable bonds is 8. The summed E-state index contributed by atoms with van der Waals surface area (Å²) in [7, 11) is 0. The van der Waals surface area contributed by atoms with E-state index in [4.69, 9.17) is 4.74 Å². The van der Waals surface area contributed by atoms with Gasteiger partial charge in [-0.3, -0.25) is 9.80 Å². The van der Waals surface area contributed by atoms with Gasteiger partial charge in [0.15, 0.2) is 0 Å². The van der Waals surface area contributed by atoms with Gasteiger partial charge in [-0.2, -0.15) is 5.26 Å². The molecule has 36 heavy (non-hydrogen) atoms. The Morgan fingerprint density at radius 1 is 0.806 bits per heavy atom. The molecule has 0 spiro atoms. The summed E-state index contributed by atoms with van der Waals surface area (Å²) < 4.78 is 5.90. The molecule has 4 nitrogen and oxygen atoms in total. The molecule has 1 heterocycles. The van der Waals surface area contributed by atoms with E-state index in [1.807, 2.05) is 30.3 Å². The first-order valence-electron chi connectivity index (χ1n) is 13.2. The first kappa shape index (κ1) is 24.9. The van der Waals surface area contributed by atoms with Crippen molar-refractivity contribution in [1.82, 2.24) is 9.80 Å². The van der Waals surface area contributed by atoms with E-state index in [2.05, 4.69) is 64.4 Å². The maximum Gasteiger partial charge on any atom is 0.123 e. The molecule has 2 aliphatic rings. The highest BCUT2D eigenvalue weighted by Crippen LogP contribution is 2.32. The molecule has 5 heteroatoms. The Kier molecular flexibility index (Phi) is 8.61. The zero-order valence-corrected chi connectivity index (χ0v) is 21.7. The monoisotopic (exact) mass is 497 g/mol. The lowest BCUT2D eigenvalue weighted by atomic mass is 9.93. The maximum absolute atomic E-state index is 9.97. The molecule has 1 atom stereocenters. The fourth-order valence-electron chi connectivity index (χ4n) is 5.37. The molecule has 1 aliphatic heterocycles. The number of hydrogen-bond donors (Lipinski definition) is 0. The minimum absolute atomic E-state index is 0.168. The Morgan fingerprint density at radius 2 is 1.44 bits per heavy atom. The fraction of sp³-hybridized carbons (Fsp3) is 0.387. The first-order chi connectivity index (χ1) is 17.8. The van der Waals surface area contributed by atoms with E-state index in [0.29, 0.717) is 6.61 Å². The molecule has 0 aromatic heterocycles. The molecule has 1 saturated heterocycles. The van der Waals surface area contributed by atoms with Crippen molar-refractivity contribution in [3.63, 3.8) is 0 Å². The lowest BCUT2D eigenvalue weighted by Crippen LogP contribution is -2.51. The minimum Gasteiger partial charge on any atom is -0.489 e. The number of piperazine rings is 1. The van der Waals surface area contributed by atoms with Gasteiger partial charge in [-0.05, 0) is 60.4 Å². The SMILES string of the molecule is N#CC(c1ccc(Sc2ccc(OCc3ccccc3)cc2)cc1)N1CCN(C2CCCCC2)CC1. The van der Waals surface area contributed by atoms with Crippen molar-refractivity contribution in [2.75, 3.05) is 26.2 Å². The van der Waals surface area contributed by atoms with E-state index in [1.165, 1.54) is 41.9 Å². The Labute approximate surface area is 219 Å². The predicted octanol–water partition coefficient (Wildman–Crippen LogP) is 6.93. The summed E-state index contributed by atoms with van der Waals surface area (Å²) >= 11 is 1.73. The molecule has 3 aromatic carbocycles. The molecule has 0 N–H and O–H groups in total. The van der Waals surface area contributed by atoms with E-state index in [1.54, 1.807) is 11.8 Å². The zero-order chi connectivity index (χ0) is 24.6. The van der Waals surface area contributed by atoms with E-state index in [0.717, 1.165) is 49.1 Å². The van der Waals surface area contributed by atoms with Gasteiger partial charge in [0, 0.05) is 42.0 Å². The molecule has 3 aromatic rings. The van der Waals surface area contributed by atoms with Crippen molar-refractivity contribution >= 4 is 11.8 Å². The topological polar surface area (TPSA) is 39.5 Å². The summed E-state index contributed by atoms with van der Waals surface area (Å²) in [5.41, 5.74) is 2.26. The second-order valence-corrected chi connectivity index (χ2v) is 11.0. The Morgan fingerprint density at radius 3 is 2.08 bits per heavy atom. The second kappa shape index (κ2) is 12.5. The third kappa shape index (κ3) is 6.50. The van der Waals surface area contributed by atoms with E-state index < -0.39 is 0 Å². The number of hydrogen-bond acceptors (Lipinski definition) is 5. The summed E-state index contributed by atoms with van der Waals surface area (Å²) in [5, 5.41) is 9.97. The molecule has 2 fully saturated rings. The number of ether oxygens (including phenoxy) is 1. The van der Waals surface area contributed by atoms with Crippen LogP contribution >= 0.6 is 11.8 Å². The lowest BCUT2D eigenvalue weighted by molar-refractivity contribution is 0.0676. The predicted molar refractivity (Wildman–Crippen MR) is 146 cm³/mol. The smallest absolute Gasteiger partial charge is 0.123 e. The van der Waals surface area contributed by atoms with Gasteiger partial charge in [0.25, 0.3) is 0 Å². The molecule has 1 aliphatic carbocycles. The normalized spacial score (nSPS) is 18.4. The molecule has 1 unspecified atom stereocenters. The fourth-order valence-corrected chi connectivity index (χ4v) is 6.19. The van der Waals surface area contributed by atoms with Crippen molar-refractivity contribution in [2.24, 2.45) is 0 Å². The summed E-state index contributed by atoms with van der Waals surface area (Å²) in [5.74, 6) is 0.874. The quantitative estimate of drug-likeness (QED) is 0.337. The van der Waals surface area contributed by atoms with Gasteiger partial charge in [-0.25, -0.2) is 0 Å². The highest BCUT2D eigenvalue weighted by atomic mass is 32.2. The van der Waals surface area contributed by atoms with Crippen LogP contribution in [0.1, 0.15) is 49.3 Å². The van der Waals surface area contributed by atoms with Crippen molar-refractivity contribution in [3.05, 3.63) is 90.0 Å². The summed E-state index contributed by atoms with van der Waals surface area (Å²) in [6.07, 6.45) is 6.86. The van der Waals surface area contributed by atoms with Gasteiger partial charge in [0.2, 0.25) is 0 Å². The van der Waals surface area contributed by atoms with Gasteiger partial charge in [-0.1, -0.05) is 73.5 Å². The molecule has 1 saturated carbocycles. The van der Waals surface area contributed by atoms with Crippen LogP contribution in [0.2, 0.25) is 0 Å². The van der Waals surface area contributed by atoms with Crippen molar-refractivity contribution in [2.45, 2.75) is 60.6 Å². The highest BCUT2D eigenvalue weighted by Gasteiger charge is 2.29. The lowest BCUT2D eigenvalue weighted by Gasteiger charge is -2.42. The van der Waals surface area contributed by atoms with Crippen LogP contribution in [-0.4, -0.2) is 42.0 Å². The van der Waals surface area contributed by atoms with E-state index in [9.17, 15) is 5.26 Å². The Hall–Kier alpha value is -2.78. The van der Waals surface area contributed by atoms with Gasteiger partial charge < -0.3 is 4.74 Å². The Balaban J connectivity index is 1.13. The van der Waals surface area contributed by atoms with Gasteiger partial charge >= 0.3 is 0 Å². The maximum atomic E-state index is 9.97. The molecular weight excluding hydrogens is 462 g/mol. The van der Waals surface area contributed by atoms with Crippen LogP contribution in [0.15, 0.2) is 88.7 Å². The van der Waals surface area contributed by atoms with Crippen molar-refractivity contribution in [1.29, 1.82) is 5.26 Å². The summed E-state index contributed by atoms with van der Waals surface area (Å²) in [4.78, 5) is 7.37. The van der Waals surface area contributed by atoms with Crippen LogP contribution in [0.5, 0.6) is 5.75 Å². The summed E-state index contributed by atoms with van der Waals surface area (Å²) in [6.45, 7) is 4.70. The molecule has 0 bridgehead atoms. The third-order valence-electron chi connectivity index (χ3n) is 7.43. The Bertz CT molecular complexity index is 1110. The van der Waals surface area contributed by atoms with Gasteiger partial charge in [-0.15, -0.1) is 0 Å². The average Bonchev–Trinajstić information content (AvgIpc) is 2.95. The molecular formula is C31H35N3OS. The van der Waals surface area contributed by atoms with Crippen LogP contribution in [0, 0.1) is 11.3 Å². The molecule has 0 amide bonds. The van der Waals surface area contributed by atoms with Crippen LogP contribution in [-0.2, 0) is 6.61 Å². The van der Waals surface area contributed by atoms with Crippen molar-refractivity contribution < 1.29 is 4.74 Å². The van der Waals surface area contributed by atoms with Crippen LogP contribution in [0.25, 0.3) is 0 Å². The van der Waals surface area contributed by atoms with Crippen LogP contribution < -0.4 is 4.74 Å². The number of nitriles is 1. The zero-order valence-electron chi connectivity index (χ0n) is 20.9. The number of benzene rings is 3. The van der Waals surface area contributed by atoms with Gasteiger partial charge in [0.05, 0.1) is 6.07 Å². The number of nitrogens with zero attached hydrogens (tertiary/aromatic N) is 3. The second-order valence-electron chi connectivity index (χ2n) is 9.81. The molecule has 186 valence electrons. The third-order valence-corrected chi connectivity index (χ3v) is 8.45. The highest BCUT2D eigenvalue weighted by molar-refractivity contribution is 7.99. The van der Waals surface area contributed by atoms with Gasteiger partial charge in [0.1, 0.15) is 18.4 Å². The molecule has 0 radical (unpaired) electrons. The van der Waals surface area contributed by atoms with Crippen LogP contribution in [0.4, 0.5) is 0 Å². The average molecular weight is 498 g/mol. The largest absolute Gasteiger partial charge is 0.489 e.